The lowest BCUT2D eigenvalue weighted by Gasteiger charge is -2.33. The Labute approximate surface area is 139 Å². The Hall–Kier alpha value is -1.07. The summed E-state index contributed by atoms with van der Waals surface area (Å²) in [7, 11) is 0. The van der Waals surface area contributed by atoms with Crippen LogP contribution in [0.3, 0.4) is 0 Å². The van der Waals surface area contributed by atoms with Crippen molar-refractivity contribution >= 4 is 18.3 Å². The zero-order valence-corrected chi connectivity index (χ0v) is 15.1. The Bertz CT molecular complexity index is 511. The van der Waals surface area contributed by atoms with E-state index in [-0.39, 0.29) is 29.9 Å². The van der Waals surface area contributed by atoms with Crippen LogP contribution in [0.4, 0.5) is 0 Å². The fraction of sp³-hybridized carbons (Fsp3) is 0.750. The minimum Gasteiger partial charge on any atom is -0.339 e. The van der Waals surface area contributed by atoms with Gasteiger partial charge < -0.3 is 10.6 Å². The highest BCUT2D eigenvalue weighted by molar-refractivity contribution is 5.95. The number of halogens is 1. The predicted molar refractivity (Wildman–Crippen MR) is 91.5 cm³/mol. The Morgan fingerprint density at radius 3 is 2.32 bits per heavy atom. The van der Waals surface area contributed by atoms with E-state index in [0.29, 0.717) is 5.92 Å². The van der Waals surface area contributed by atoms with E-state index in [2.05, 4.69) is 32.8 Å². The normalized spacial score (nSPS) is 18.0. The molecule has 126 valence electrons. The SMILES string of the molecule is Cc1c(C(=O)N2CCC(C(C)N)CC2)cnn1C(C)(C)C.Cl. The van der Waals surface area contributed by atoms with Gasteiger partial charge in [0.2, 0.25) is 0 Å². The van der Waals surface area contributed by atoms with Crippen molar-refractivity contribution in [2.45, 2.75) is 59.0 Å². The Kier molecular flexibility index (Phi) is 6.04. The number of carbonyl (C=O) groups is 1. The lowest BCUT2D eigenvalue weighted by molar-refractivity contribution is 0.0680. The van der Waals surface area contributed by atoms with Crippen molar-refractivity contribution in [3.05, 3.63) is 17.5 Å². The van der Waals surface area contributed by atoms with E-state index >= 15 is 0 Å². The molecule has 0 bridgehead atoms. The van der Waals surface area contributed by atoms with Crippen LogP contribution in [0, 0.1) is 12.8 Å². The first-order valence-corrected chi connectivity index (χ1v) is 7.81. The van der Waals surface area contributed by atoms with Gasteiger partial charge in [-0.3, -0.25) is 9.48 Å². The van der Waals surface area contributed by atoms with Crippen molar-refractivity contribution in [3.63, 3.8) is 0 Å². The van der Waals surface area contributed by atoms with Crippen LogP contribution in [-0.4, -0.2) is 39.7 Å². The molecular formula is C16H29ClN4O. The molecule has 0 aromatic carbocycles. The van der Waals surface area contributed by atoms with E-state index in [9.17, 15) is 4.79 Å². The molecule has 0 aliphatic carbocycles. The summed E-state index contributed by atoms with van der Waals surface area (Å²) < 4.78 is 1.93. The number of nitrogens with two attached hydrogens (primary N) is 1. The van der Waals surface area contributed by atoms with Gasteiger partial charge in [-0.15, -0.1) is 12.4 Å². The molecule has 22 heavy (non-hydrogen) atoms. The summed E-state index contributed by atoms with van der Waals surface area (Å²) in [5, 5.41) is 4.40. The molecule has 0 spiro atoms. The van der Waals surface area contributed by atoms with Gasteiger partial charge in [-0.2, -0.15) is 5.10 Å². The highest BCUT2D eigenvalue weighted by Crippen LogP contribution is 2.23. The van der Waals surface area contributed by atoms with E-state index in [1.807, 2.05) is 16.5 Å². The third-order valence-electron chi connectivity index (χ3n) is 4.45. The molecule has 1 amide bonds. The molecule has 1 fully saturated rings. The molecule has 1 unspecified atom stereocenters. The molecule has 1 aliphatic rings. The standard InChI is InChI=1S/C16H28N4O.ClH/c1-11(17)13-6-8-19(9-7-13)15(21)14-10-18-20(12(14)2)16(3,4)5;/h10-11,13H,6-9,17H2,1-5H3;1H. The Morgan fingerprint density at radius 1 is 1.36 bits per heavy atom. The van der Waals surface area contributed by atoms with E-state index < -0.39 is 0 Å². The van der Waals surface area contributed by atoms with Gasteiger partial charge in [0.1, 0.15) is 0 Å². The lowest BCUT2D eigenvalue weighted by atomic mass is 9.90. The van der Waals surface area contributed by atoms with Crippen molar-refractivity contribution in [3.8, 4) is 0 Å². The number of hydrogen-bond acceptors (Lipinski definition) is 3. The van der Waals surface area contributed by atoms with Crippen LogP contribution in [0.25, 0.3) is 0 Å². The van der Waals surface area contributed by atoms with Crippen LogP contribution in [-0.2, 0) is 5.54 Å². The quantitative estimate of drug-likeness (QED) is 0.907. The highest BCUT2D eigenvalue weighted by atomic mass is 35.5. The number of nitrogens with zero attached hydrogens (tertiary/aromatic N) is 3. The molecular weight excluding hydrogens is 300 g/mol. The number of aromatic nitrogens is 2. The van der Waals surface area contributed by atoms with Gasteiger partial charge in [0.05, 0.1) is 17.3 Å². The zero-order valence-electron chi connectivity index (χ0n) is 14.3. The maximum Gasteiger partial charge on any atom is 0.257 e. The maximum atomic E-state index is 12.7. The molecule has 1 saturated heterocycles. The first-order valence-electron chi connectivity index (χ1n) is 7.81. The molecule has 0 radical (unpaired) electrons. The Balaban J connectivity index is 0.00000242. The topological polar surface area (TPSA) is 64.2 Å². The molecule has 2 rings (SSSR count). The molecule has 2 heterocycles. The van der Waals surface area contributed by atoms with Crippen molar-refractivity contribution in [2.24, 2.45) is 11.7 Å². The lowest BCUT2D eigenvalue weighted by Crippen LogP contribution is -2.42. The first-order chi connectivity index (χ1) is 9.71. The molecule has 1 aromatic rings. The second-order valence-corrected chi connectivity index (χ2v) is 7.22. The van der Waals surface area contributed by atoms with Gasteiger partial charge in [0.25, 0.3) is 5.91 Å². The average molecular weight is 329 g/mol. The molecule has 5 nitrogen and oxygen atoms in total. The van der Waals surface area contributed by atoms with Crippen molar-refractivity contribution in [1.82, 2.24) is 14.7 Å². The number of carbonyl (C=O) groups excluding carboxylic acids is 1. The minimum atomic E-state index is -0.107. The predicted octanol–water partition coefficient (Wildman–Crippen LogP) is 2.57. The first kappa shape index (κ1) is 19.0. The third-order valence-corrected chi connectivity index (χ3v) is 4.45. The number of hydrogen-bond donors (Lipinski definition) is 1. The molecule has 1 atom stereocenters. The van der Waals surface area contributed by atoms with Gasteiger partial charge in [0.15, 0.2) is 0 Å². The van der Waals surface area contributed by atoms with Gasteiger partial charge >= 0.3 is 0 Å². The number of likely N-dealkylation sites (tertiary alicyclic amines) is 1. The summed E-state index contributed by atoms with van der Waals surface area (Å²) >= 11 is 0. The maximum absolute atomic E-state index is 12.7. The zero-order chi connectivity index (χ0) is 15.8. The summed E-state index contributed by atoms with van der Waals surface area (Å²) in [6, 6.07) is 0.215. The fourth-order valence-electron chi connectivity index (χ4n) is 3.09. The summed E-state index contributed by atoms with van der Waals surface area (Å²) in [6.07, 6.45) is 3.70. The monoisotopic (exact) mass is 328 g/mol. The second kappa shape index (κ2) is 7.01. The summed E-state index contributed by atoms with van der Waals surface area (Å²) in [4.78, 5) is 14.6. The fourth-order valence-corrected chi connectivity index (χ4v) is 3.09. The summed E-state index contributed by atoms with van der Waals surface area (Å²) in [5.41, 5.74) is 7.52. The van der Waals surface area contributed by atoms with Crippen LogP contribution in [0.2, 0.25) is 0 Å². The van der Waals surface area contributed by atoms with E-state index in [1.54, 1.807) is 6.20 Å². The van der Waals surface area contributed by atoms with Gasteiger partial charge in [0, 0.05) is 24.8 Å². The van der Waals surface area contributed by atoms with Crippen LogP contribution in [0.15, 0.2) is 6.20 Å². The van der Waals surface area contributed by atoms with E-state index in [4.69, 9.17) is 5.73 Å². The van der Waals surface area contributed by atoms with Gasteiger partial charge in [-0.1, -0.05) is 0 Å². The molecule has 1 aromatic heterocycles. The Morgan fingerprint density at radius 2 is 1.91 bits per heavy atom. The van der Waals surface area contributed by atoms with E-state index in [0.717, 1.165) is 37.2 Å². The number of amides is 1. The molecule has 1 aliphatic heterocycles. The van der Waals surface area contributed by atoms with Crippen LogP contribution in [0.5, 0.6) is 0 Å². The van der Waals surface area contributed by atoms with Crippen molar-refractivity contribution in [2.75, 3.05) is 13.1 Å². The van der Waals surface area contributed by atoms with Crippen LogP contribution < -0.4 is 5.73 Å². The van der Waals surface area contributed by atoms with Gasteiger partial charge in [-0.25, -0.2) is 0 Å². The minimum absolute atomic E-state index is 0. The molecule has 2 N–H and O–H groups in total. The van der Waals surface area contributed by atoms with E-state index in [1.165, 1.54) is 0 Å². The van der Waals surface area contributed by atoms with Gasteiger partial charge in [-0.05, 0) is 53.4 Å². The largest absolute Gasteiger partial charge is 0.339 e. The molecule has 0 saturated carbocycles. The smallest absolute Gasteiger partial charge is 0.257 e. The third kappa shape index (κ3) is 3.82. The van der Waals surface area contributed by atoms with Crippen LogP contribution >= 0.6 is 12.4 Å². The molecule has 6 heteroatoms. The highest BCUT2D eigenvalue weighted by Gasteiger charge is 2.28. The second-order valence-electron chi connectivity index (χ2n) is 7.22. The van der Waals surface area contributed by atoms with Crippen LogP contribution in [0.1, 0.15) is 56.6 Å². The average Bonchev–Trinajstić information content (AvgIpc) is 2.79. The summed E-state index contributed by atoms with van der Waals surface area (Å²) in [5.74, 6) is 0.638. The number of rotatable bonds is 2. The number of piperidine rings is 1. The van der Waals surface area contributed by atoms with Crippen molar-refractivity contribution < 1.29 is 4.79 Å². The summed E-state index contributed by atoms with van der Waals surface area (Å²) in [6.45, 7) is 11.9. The van der Waals surface area contributed by atoms with Crippen molar-refractivity contribution in [1.29, 1.82) is 0 Å².